The molecular formula is C9H14N6O2. The minimum atomic E-state index is -0.197. The summed E-state index contributed by atoms with van der Waals surface area (Å²) in [6, 6.07) is 0.210. The first-order valence-corrected chi connectivity index (χ1v) is 5.66. The second-order valence-corrected chi connectivity index (χ2v) is 4.30. The summed E-state index contributed by atoms with van der Waals surface area (Å²) in [5, 5.41) is 11.4. The largest absolute Gasteiger partial charge is 0.449 e. The highest BCUT2D eigenvalue weighted by Crippen LogP contribution is 2.21. The van der Waals surface area contributed by atoms with Gasteiger partial charge in [0.25, 0.3) is 0 Å². The second kappa shape index (κ2) is 3.86. The number of hydrogen-bond acceptors (Lipinski definition) is 6. The molecule has 0 bridgehead atoms. The standard InChI is InChI=1S/C9H14N6O2/c1-13-8(10-11-12-13)14-3-4-15-7(6-14)2-5-17-9(15)16/h7H,2-6H2,1H3. The van der Waals surface area contributed by atoms with Crippen LogP contribution in [0.5, 0.6) is 0 Å². The van der Waals surface area contributed by atoms with Crippen LogP contribution < -0.4 is 4.90 Å². The van der Waals surface area contributed by atoms with Crippen molar-refractivity contribution in [2.45, 2.75) is 12.5 Å². The molecule has 1 amide bonds. The van der Waals surface area contributed by atoms with Gasteiger partial charge in [-0.15, -0.1) is 0 Å². The van der Waals surface area contributed by atoms with Crippen LogP contribution in [0.4, 0.5) is 10.7 Å². The van der Waals surface area contributed by atoms with E-state index < -0.39 is 0 Å². The number of piperazine rings is 1. The van der Waals surface area contributed by atoms with E-state index in [9.17, 15) is 4.79 Å². The van der Waals surface area contributed by atoms with E-state index in [2.05, 4.69) is 20.4 Å². The van der Waals surface area contributed by atoms with Gasteiger partial charge in [-0.25, -0.2) is 9.48 Å². The van der Waals surface area contributed by atoms with Crippen LogP contribution in [0.1, 0.15) is 6.42 Å². The molecule has 3 rings (SSSR count). The first-order chi connectivity index (χ1) is 8.25. The van der Waals surface area contributed by atoms with E-state index in [-0.39, 0.29) is 12.1 Å². The number of aryl methyl sites for hydroxylation is 1. The van der Waals surface area contributed by atoms with Crippen LogP contribution in [0.3, 0.4) is 0 Å². The van der Waals surface area contributed by atoms with Crippen molar-refractivity contribution in [2.24, 2.45) is 7.05 Å². The number of nitrogens with zero attached hydrogens (tertiary/aromatic N) is 6. The fourth-order valence-electron chi connectivity index (χ4n) is 2.38. The Hall–Kier alpha value is -1.86. The van der Waals surface area contributed by atoms with E-state index >= 15 is 0 Å². The van der Waals surface area contributed by atoms with E-state index in [4.69, 9.17) is 4.74 Å². The molecule has 2 aliphatic heterocycles. The summed E-state index contributed by atoms with van der Waals surface area (Å²) in [5.41, 5.74) is 0. The Morgan fingerprint density at radius 2 is 2.29 bits per heavy atom. The number of carbonyl (C=O) groups excluding carboxylic acids is 1. The minimum absolute atomic E-state index is 0.197. The van der Waals surface area contributed by atoms with Crippen LogP contribution in [0.15, 0.2) is 0 Å². The summed E-state index contributed by atoms with van der Waals surface area (Å²) in [7, 11) is 1.82. The number of carbonyl (C=O) groups is 1. The van der Waals surface area contributed by atoms with Gasteiger partial charge in [0.05, 0.1) is 12.6 Å². The highest BCUT2D eigenvalue weighted by molar-refractivity contribution is 5.69. The third-order valence-electron chi connectivity index (χ3n) is 3.27. The number of rotatable bonds is 1. The van der Waals surface area contributed by atoms with E-state index in [0.29, 0.717) is 13.2 Å². The van der Waals surface area contributed by atoms with Gasteiger partial charge in [-0.2, -0.15) is 0 Å². The zero-order valence-corrected chi connectivity index (χ0v) is 9.61. The average Bonchev–Trinajstić information content (AvgIpc) is 2.75. The van der Waals surface area contributed by atoms with E-state index in [1.165, 1.54) is 0 Å². The second-order valence-electron chi connectivity index (χ2n) is 4.30. The Morgan fingerprint density at radius 3 is 3.06 bits per heavy atom. The lowest BCUT2D eigenvalue weighted by Gasteiger charge is -2.42. The number of anilines is 1. The molecule has 92 valence electrons. The molecule has 2 saturated heterocycles. The Morgan fingerprint density at radius 1 is 1.41 bits per heavy atom. The molecule has 1 unspecified atom stereocenters. The monoisotopic (exact) mass is 238 g/mol. The Balaban J connectivity index is 1.76. The molecule has 0 N–H and O–H groups in total. The zero-order chi connectivity index (χ0) is 11.8. The predicted molar refractivity (Wildman–Crippen MR) is 57.5 cm³/mol. The van der Waals surface area contributed by atoms with E-state index in [1.54, 1.807) is 9.58 Å². The van der Waals surface area contributed by atoms with Crippen molar-refractivity contribution >= 4 is 12.0 Å². The minimum Gasteiger partial charge on any atom is -0.449 e. The van der Waals surface area contributed by atoms with Crippen LogP contribution in [0, 0.1) is 0 Å². The molecule has 2 aliphatic rings. The molecule has 3 heterocycles. The van der Waals surface area contributed by atoms with Crippen LogP contribution in [-0.2, 0) is 11.8 Å². The smallest absolute Gasteiger partial charge is 0.410 e. The normalized spacial score (nSPS) is 24.5. The van der Waals surface area contributed by atoms with Crippen molar-refractivity contribution in [2.75, 3.05) is 31.1 Å². The van der Waals surface area contributed by atoms with Crippen LogP contribution in [0.2, 0.25) is 0 Å². The van der Waals surface area contributed by atoms with Crippen LogP contribution in [0.25, 0.3) is 0 Å². The van der Waals surface area contributed by atoms with Gasteiger partial charge in [0.2, 0.25) is 5.95 Å². The van der Waals surface area contributed by atoms with Crippen LogP contribution in [-0.4, -0.2) is 63.5 Å². The van der Waals surface area contributed by atoms with Crippen LogP contribution >= 0.6 is 0 Å². The lowest BCUT2D eigenvalue weighted by molar-refractivity contribution is 0.0396. The molecule has 0 aromatic carbocycles. The van der Waals surface area contributed by atoms with Gasteiger partial charge in [0.15, 0.2) is 0 Å². The maximum atomic E-state index is 11.5. The maximum Gasteiger partial charge on any atom is 0.410 e. The van der Waals surface area contributed by atoms with Crippen molar-refractivity contribution in [1.82, 2.24) is 25.1 Å². The highest BCUT2D eigenvalue weighted by Gasteiger charge is 2.35. The van der Waals surface area contributed by atoms with Gasteiger partial charge in [0.1, 0.15) is 0 Å². The maximum absolute atomic E-state index is 11.5. The summed E-state index contributed by atoms with van der Waals surface area (Å²) in [5.74, 6) is 0.753. The van der Waals surface area contributed by atoms with Crippen molar-refractivity contribution in [3.8, 4) is 0 Å². The molecular weight excluding hydrogens is 224 g/mol. The van der Waals surface area contributed by atoms with Gasteiger partial charge < -0.3 is 14.5 Å². The number of tetrazole rings is 1. The Labute approximate surface area is 98.1 Å². The fraction of sp³-hybridized carbons (Fsp3) is 0.778. The molecule has 0 radical (unpaired) electrons. The number of amides is 1. The molecule has 17 heavy (non-hydrogen) atoms. The Bertz CT molecular complexity index is 433. The number of ether oxygens (including phenoxy) is 1. The van der Waals surface area contributed by atoms with Gasteiger partial charge in [0, 0.05) is 33.1 Å². The third-order valence-corrected chi connectivity index (χ3v) is 3.27. The summed E-state index contributed by atoms with van der Waals surface area (Å²) in [6.45, 7) is 2.67. The van der Waals surface area contributed by atoms with E-state index in [1.807, 2.05) is 7.05 Å². The lowest BCUT2D eigenvalue weighted by Crippen LogP contribution is -2.58. The summed E-state index contributed by atoms with van der Waals surface area (Å²) >= 11 is 0. The highest BCUT2D eigenvalue weighted by atomic mass is 16.6. The quantitative estimate of drug-likeness (QED) is 0.640. The summed E-state index contributed by atoms with van der Waals surface area (Å²) in [6.07, 6.45) is 0.671. The van der Waals surface area contributed by atoms with Gasteiger partial charge in [-0.1, -0.05) is 5.10 Å². The third kappa shape index (κ3) is 1.69. The summed E-state index contributed by atoms with van der Waals surface area (Å²) in [4.78, 5) is 15.4. The molecule has 1 aromatic heterocycles. The van der Waals surface area contributed by atoms with Crippen molar-refractivity contribution in [1.29, 1.82) is 0 Å². The molecule has 1 aromatic rings. The van der Waals surface area contributed by atoms with E-state index in [0.717, 1.165) is 25.5 Å². The topological polar surface area (TPSA) is 76.4 Å². The summed E-state index contributed by atoms with van der Waals surface area (Å²) < 4.78 is 6.67. The predicted octanol–water partition coefficient (Wildman–Crippen LogP) is -0.759. The SMILES string of the molecule is Cn1nnnc1N1CCN2C(=O)OCCC2C1. The first-order valence-electron chi connectivity index (χ1n) is 5.66. The molecule has 8 nitrogen and oxygen atoms in total. The van der Waals surface area contributed by atoms with Gasteiger partial charge >= 0.3 is 6.09 Å². The number of cyclic esters (lactones) is 1. The zero-order valence-electron chi connectivity index (χ0n) is 9.61. The Kier molecular flexibility index (Phi) is 2.34. The number of fused-ring (bicyclic) bond motifs is 1. The molecule has 0 spiro atoms. The number of aromatic nitrogens is 4. The van der Waals surface area contributed by atoms with Crippen molar-refractivity contribution in [3.05, 3.63) is 0 Å². The van der Waals surface area contributed by atoms with Crippen molar-refractivity contribution in [3.63, 3.8) is 0 Å². The molecule has 8 heteroatoms. The fourth-order valence-corrected chi connectivity index (χ4v) is 2.38. The molecule has 1 atom stereocenters. The number of hydrogen-bond donors (Lipinski definition) is 0. The average molecular weight is 238 g/mol. The van der Waals surface area contributed by atoms with Crippen molar-refractivity contribution < 1.29 is 9.53 Å². The van der Waals surface area contributed by atoms with Gasteiger partial charge in [-0.3, -0.25) is 0 Å². The molecule has 0 aliphatic carbocycles. The molecule has 2 fully saturated rings. The first kappa shape index (κ1) is 10.3. The van der Waals surface area contributed by atoms with Gasteiger partial charge in [-0.05, 0) is 10.4 Å². The molecule has 0 saturated carbocycles. The lowest BCUT2D eigenvalue weighted by atomic mass is 10.1.